The van der Waals surface area contributed by atoms with Gasteiger partial charge in [0.25, 0.3) is 0 Å². The highest BCUT2D eigenvalue weighted by Crippen LogP contribution is 2.30. The molecule has 0 radical (unpaired) electrons. The van der Waals surface area contributed by atoms with Crippen LogP contribution in [0.15, 0.2) is 48.2 Å². The predicted molar refractivity (Wildman–Crippen MR) is 135 cm³/mol. The summed E-state index contributed by atoms with van der Waals surface area (Å²) >= 11 is 1.37. The van der Waals surface area contributed by atoms with Crippen LogP contribution in [0, 0.1) is 5.92 Å². The van der Waals surface area contributed by atoms with Crippen molar-refractivity contribution in [1.29, 1.82) is 0 Å². The van der Waals surface area contributed by atoms with Crippen molar-refractivity contribution >= 4 is 33.2 Å². The van der Waals surface area contributed by atoms with Crippen molar-refractivity contribution in [2.75, 3.05) is 19.0 Å². The minimum Gasteiger partial charge on any atom is -0.496 e. The lowest BCUT2D eigenvalue weighted by Crippen LogP contribution is -2.24. The van der Waals surface area contributed by atoms with Crippen LogP contribution in [0.25, 0.3) is 0 Å². The normalized spacial score (nSPS) is 19.8. The number of aliphatic hydroxyl groups is 1. The molecule has 2 heterocycles. The highest BCUT2D eigenvalue weighted by Gasteiger charge is 2.34. The first kappa shape index (κ1) is 26.2. The molecule has 1 aliphatic rings. The number of hydrogen-bond donors (Lipinski definition) is 3. The van der Waals surface area contributed by atoms with Crippen molar-refractivity contribution in [1.82, 2.24) is 9.97 Å². The predicted octanol–water partition coefficient (Wildman–Crippen LogP) is 2.33. The van der Waals surface area contributed by atoms with E-state index in [1.807, 2.05) is 35.7 Å². The van der Waals surface area contributed by atoms with Gasteiger partial charge in [-0.3, -0.25) is 8.98 Å². The van der Waals surface area contributed by atoms with Crippen molar-refractivity contribution < 1.29 is 27.2 Å². The molecule has 12 heteroatoms. The van der Waals surface area contributed by atoms with Gasteiger partial charge in [0.1, 0.15) is 17.9 Å². The number of carbonyl (C=O) groups excluding carboxylic acids is 1. The van der Waals surface area contributed by atoms with Gasteiger partial charge >= 0.3 is 10.3 Å². The van der Waals surface area contributed by atoms with Crippen LogP contribution in [0.4, 0.5) is 5.82 Å². The molecule has 4 rings (SSSR count). The summed E-state index contributed by atoms with van der Waals surface area (Å²) in [5.74, 6) is 0.602. The second-order valence-corrected chi connectivity index (χ2v) is 10.8. The van der Waals surface area contributed by atoms with E-state index in [9.17, 15) is 18.3 Å². The van der Waals surface area contributed by atoms with E-state index >= 15 is 0 Å². The molecule has 1 aromatic carbocycles. The number of aromatic nitrogens is 2. The summed E-state index contributed by atoms with van der Waals surface area (Å²) in [7, 11) is -2.43. The Bertz CT molecular complexity index is 1310. The number of nitrogens with zero attached hydrogens (tertiary/aromatic N) is 2. The van der Waals surface area contributed by atoms with Crippen molar-refractivity contribution in [3.8, 4) is 5.75 Å². The topological polar surface area (TPSA) is 154 Å². The van der Waals surface area contributed by atoms with Crippen molar-refractivity contribution in [2.45, 2.75) is 37.8 Å². The smallest absolute Gasteiger partial charge is 0.333 e. The summed E-state index contributed by atoms with van der Waals surface area (Å²) in [6.45, 7) is -0.208. The van der Waals surface area contributed by atoms with Crippen LogP contribution in [0.2, 0.25) is 0 Å². The third-order valence-electron chi connectivity index (χ3n) is 6.15. The van der Waals surface area contributed by atoms with Gasteiger partial charge in [0.2, 0.25) is 5.78 Å². The maximum absolute atomic E-state index is 13.3. The van der Waals surface area contributed by atoms with Gasteiger partial charge in [-0.15, -0.1) is 11.3 Å². The molecule has 3 atom stereocenters. The third kappa shape index (κ3) is 6.65. The first-order valence-corrected chi connectivity index (χ1v) is 13.7. The average molecular weight is 533 g/mol. The van der Waals surface area contributed by atoms with Crippen molar-refractivity contribution in [3.63, 3.8) is 0 Å². The molecular formula is C24H28N4O6S2. The second kappa shape index (κ2) is 11.4. The molecule has 36 heavy (non-hydrogen) atoms. The van der Waals surface area contributed by atoms with E-state index in [2.05, 4.69) is 19.5 Å². The summed E-state index contributed by atoms with van der Waals surface area (Å²) in [4.78, 5) is 22.1. The molecule has 1 fully saturated rings. The molecule has 1 saturated carbocycles. The van der Waals surface area contributed by atoms with Crippen LogP contribution in [0.5, 0.6) is 5.75 Å². The fourth-order valence-corrected chi connectivity index (χ4v) is 5.60. The minimum atomic E-state index is -4.08. The number of thiophene rings is 1. The lowest BCUT2D eigenvalue weighted by Gasteiger charge is -2.15. The van der Waals surface area contributed by atoms with Crippen molar-refractivity contribution in [2.24, 2.45) is 11.1 Å². The van der Waals surface area contributed by atoms with Gasteiger partial charge in [-0.2, -0.15) is 8.42 Å². The molecule has 0 unspecified atom stereocenters. The molecule has 0 saturated heterocycles. The molecule has 2 aromatic heterocycles. The summed E-state index contributed by atoms with van der Waals surface area (Å²) in [6, 6.07) is 9.53. The number of aliphatic hydroxyl groups excluding tert-OH is 1. The van der Waals surface area contributed by atoms with Gasteiger partial charge in [-0.05, 0) is 54.3 Å². The van der Waals surface area contributed by atoms with Crippen LogP contribution in [-0.2, 0) is 27.3 Å². The van der Waals surface area contributed by atoms with Gasteiger partial charge in [0.15, 0.2) is 0 Å². The largest absolute Gasteiger partial charge is 0.496 e. The number of aryl methyl sites for hydroxylation is 2. The highest BCUT2D eigenvalue weighted by atomic mass is 32.2. The zero-order valence-corrected chi connectivity index (χ0v) is 21.3. The van der Waals surface area contributed by atoms with E-state index in [1.165, 1.54) is 23.9 Å². The molecule has 10 nitrogen and oxygen atoms in total. The van der Waals surface area contributed by atoms with Crippen LogP contribution < -0.4 is 15.2 Å². The van der Waals surface area contributed by atoms with Crippen LogP contribution in [0.3, 0.4) is 0 Å². The number of ether oxygens (including phenoxy) is 1. The first-order chi connectivity index (χ1) is 17.2. The van der Waals surface area contributed by atoms with E-state index in [-0.39, 0.29) is 18.4 Å². The number of carbonyl (C=O) groups is 1. The second-order valence-electron chi connectivity index (χ2n) is 8.66. The van der Waals surface area contributed by atoms with Crippen LogP contribution in [0.1, 0.15) is 39.2 Å². The zero-order chi connectivity index (χ0) is 25.7. The number of nitrogens with two attached hydrogens (primary N) is 1. The SMILES string of the molecule is COc1ccccc1CCc1csc(C(=O)c2cncnc2N[C@@H]2C[C@H](COS(N)(=O)=O)[C@@H](O)C2)c1. The highest BCUT2D eigenvalue weighted by molar-refractivity contribution is 7.84. The molecule has 0 aliphatic heterocycles. The number of nitrogens with one attached hydrogen (secondary N) is 1. The molecule has 0 bridgehead atoms. The summed E-state index contributed by atoms with van der Waals surface area (Å²) < 4.78 is 32.2. The Balaban J connectivity index is 1.41. The number of anilines is 1. The number of para-hydroxylation sites is 1. The molecular weight excluding hydrogens is 504 g/mol. The molecule has 192 valence electrons. The molecule has 0 spiro atoms. The fourth-order valence-electron chi connectivity index (χ4n) is 4.33. The number of rotatable bonds is 11. The lowest BCUT2D eigenvalue weighted by atomic mass is 10.0. The quantitative estimate of drug-likeness (QED) is 0.316. The Labute approximate surface area is 213 Å². The van der Waals surface area contributed by atoms with Gasteiger partial charge in [-0.25, -0.2) is 15.1 Å². The summed E-state index contributed by atoms with van der Waals surface area (Å²) in [5.41, 5.74) is 2.49. The summed E-state index contributed by atoms with van der Waals surface area (Å²) in [5, 5.41) is 20.4. The Morgan fingerprint density at radius 1 is 1.28 bits per heavy atom. The summed E-state index contributed by atoms with van der Waals surface area (Å²) in [6.07, 6.45) is 4.38. The van der Waals surface area contributed by atoms with Crippen LogP contribution >= 0.6 is 11.3 Å². The Morgan fingerprint density at radius 3 is 2.86 bits per heavy atom. The molecule has 1 aliphatic carbocycles. The van der Waals surface area contributed by atoms with Gasteiger partial charge in [0.05, 0.1) is 30.3 Å². The fraction of sp³-hybridized carbons (Fsp3) is 0.375. The number of methoxy groups -OCH3 is 1. The molecule has 0 amide bonds. The van der Waals surface area contributed by atoms with Gasteiger partial charge in [0, 0.05) is 18.2 Å². The van der Waals surface area contributed by atoms with E-state index in [0.29, 0.717) is 29.1 Å². The third-order valence-corrected chi connectivity index (χ3v) is 7.60. The number of hydrogen-bond acceptors (Lipinski definition) is 10. The first-order valence-electron chi connectivity index (χ1n) is 11.4. The standard InChI is InChI=1S/C24H28N4O6S2/c1-33-21-5-3-2-4-16(21)7-6-15-8-22(35-13-15)23(30)19-11-26-14-27-24(19)28-18-9-17(20(29)10-18)12-34-36(25,31)32/h2-5,8,11,13-14,17-18,20,29H,6-7,9-10,12H2,1H3,(H2,25,31,32)(H,26,27,28)/t17-,18-,20+/m1/s1. The molecule has 3 aromatic rings. The van der Waals surface area contributed by atoms with E-state index in [0.717, 1.165) is 29.7 Å². The Morgan fingerprint density at radius 2 is 2.08 bits per heavy atom. The van der Waals surface area contributed by atoms with E-state index < -0.39 is 22.3 Å². The number of ketones is 1. The minimum absolute atomic E-state index is 0.195. The van der Waals surface area contributed by atoms with Crippen molar-refractivity contribution in [3.05, 3.63) is 69.8 Å². The maximum Gasteiger partial charge on any atom is 0.333 e. The number of benzene rings is 1. The van der Waals surface area contributed by atoms with Gasteiger partial charge in [-0.1, -0.05) is 18.2 Å². The van der Waals surface area contributed by atoms with Crippen LogP contribution in [-0.4, -0.2) is 55.1 Å². The Kier molecular flexibility index (Phi) is 8.32. The maximum atomic E-state index is 13.3. The lowest BCUT2D eigenvalue weighted by molar-refractivity contribution is 0.101. The average Bonchev–Trinajstić information content (AvgIpc) is 3.47. The van der Waals surface area contributed by atoms with Gasteiger partial charge < -0.3 is 15.2 Å². The monoisotopic (exact) mass is 532 g/mol. The molecule has 4 N–H and O–H groups in total. The Hall–Kier alpha value is -2.90. The zero-order valence-electron chi connectivity index (χ0n) is 19.7. The van der Waals surface area contributed by atoms with E-state index in [1.54, 1.807) is 7.11 Å². The van der Waals surface area contributed by atoms with E-state index in [4.69, 9.17) is 9.88 Å².